The molecule has 1 saturated heterocycles. The fourth-order valence-corrected chi connectivity index (χ4v) is 4.04. The van der Waals surface area contributed by atoms with Gasteiger partial charge in [0.05, 0.1) is 12.0 Å². The average molecular weight is 414 g/mol. The number of rotatable bonds is 9. The second-order valence-corrected chi connectivity index (χ2v) is 7.95. The average Bonchev–Trinajstić information content (AvgIpc) is 3.42. The van der Waals surface area contributed by atoms with E-state index >= 15 is 0 Å². The van der Waals surface area contributed by atoms with E-state index in [9.17, 15) is 0 Å². The highest BCUT2D eigenvalue weighted by Crippen LogP contribution is 2.24. The van der Waals surface area contributed by atoms with Crippen LogP contribution in [0.2, 0.25) is 5.02 Å². The second kappa shape index (κ2) is 10.1. The number of nitrogens with zero attached hydrogens (tertiary/aromatic N) is 5. The smallest absolute Gasteiger partial charge is 0.150 e. The molecule has 0 N–H and O–H groups in total. The Kier molecular flexibility index (Phi) is 6.98. The Bertz CT molecular complexity index is 873. The minimum absolute atomic E-state index is 0.0573. The van der Waals surface area contributed by atoms with E-state index in [2.05, 4.69) is 36.4 Å². The summed E-state index contributed by atoms with van der Waals surface area (Å²) >= 11 is 6.44. The number of hydrogen-bond donors (Lipinski definition) is 0. The first-order valence-corrected chi connectivity index (χ1v) is 10.7. The molecule has 2 aromatic heterocycles. The summed E-state index contributed by atoms with van der Waals surface area (Å²) in [4.78, 5) is 6.57. The van der Waals surface area contributed by atoms with Crippen LogP contribution in [0, 0.1) is 0 Å². The standard InChI is InChI=1S/C22H28ClN5O/c23-21-7-2-1-6-19(21)16-27(13-5-12-26-14-11-24-18-26)17-20-9-10-25-28(20)22-8-3-4-15-29-22/h1-2,6-7,9-11,14,18,22H,3-5,8,12-13,15-17H2/t22-/m0/s1. The SMILES string of the molecule is Clc1ccccc1CN(CCCn1ccnc1)Cc1ccnn1[C@@H]1CCCCO1. The highest BCUT2D eigenvalue weighted by molar-refractivity contribution is 6.31. The normalized spacial score (nSPS) is 17.1. The Balaban J connectivity index is 1.46. The molecule has 6 nitrogen and oxygen atoms in total. The van der Waals surface area contributed by atoms with Crippen molar-refractivity contribution in [1.29, 1.82) is 0 Å². The lowest BCUT2D eigenvalue weighted by atomic mass is 10.2. The maximum Gasteiger partial charge on any atom is 0.150 e. The molecule has 0 bridgehead atoms. The van der Waals surface area contributed by atoms with Crippen molar-refractivity contribution in [2.75, 3.05) is 13.2 Å². The first kappa shape index (κ1) is 20.1. The van der Waals surface area contributed by atoms with Crippen LogP contribution in [-0.4, -0.2) is 37.4 Å². The Morgan fingerprint density at radius 3 is 2.86 bits per heavy atom. The zero-order valence-electron chi connectivity index (χ0n) is 16.7. The quantitative estimate of drug-likeness (QED) is 0.517. The summed E-state index contributed by atoms with van der Waals surface area (Å²) in [5, 5.41) is 5.38. The molecule has 1 aliphatic heterocycles. The molecule has 1 fully saturated rings. The van der Waals surface area contributed by atoms with Gasteiger partial charge in [0.15, 0.2) is 6.23 Å². The van der Waals surface area contributed by atoms with E-state index < -0.39 is 0 Å². The molecule has 0 amide bonds. The minimum atomic E-state index is 0.0573. The maximum atomic E-state index is 6.44. The van der Waals surface area contributed by atoms with Crippen molar-refractivity contribution in [3.8, 4) is 0 Å². The summed E-state index contributed by atoms with van der Waals surface area (Å²) in [5.74, 6) is 0. The molecule has 1 atom stereocenters. The molecule has 0 spiro atoms. The molecule has 7 heteroatoms. The third-order valence-electron chi connectivity index (χ3n) is 5.37. The molecule has 29 heavy (non-hydrogen) atoms. The van der Waals surface area contributed by atoms with Crippen LogP contribution in [0.15, 0.2) is 55.2 Å². The molecule has 4 rings (SSSR count). The fourth-order valence-electron chi connectivity index (χ4n) is 3.85. The molecular formula is C22H28ClN5O. The van der Waals surface area contributed by atoms with Gasteiger partial charge in [0.25, 0.3) is 0 Å². The largest absolute Gasteiger partial charge is 0.357 e. The predicted octanol–water partition coefficient (Wildman–Crippen LogP) is 4.52. The van der Waals surface area contributed by atoms with Crippen molar-refractivity contribution >= 4 is 11.6 Å². The minimum Gasteiger partial charge on any atom is -0.357 e. The third-order valence-corrected chi connectivity index (χ3v) is 5.74. The molecule has 0 saturated carbocycles. The molecule has 0 unspecified atom stereocenters. The van der Waals surface area contributed by atoms with Crippen molar-refractivity contribution in [1.82, 2.24) is 24.2 Å². The van der Waals surface area contributed by atoms with Gasteiger partial charge in [0.1, 0.15) is 0 Å². The van der Waals surface area contributed by atoms with Crippen LogP contribution >= 0.6 is 11.6 Å². The lowest BCUT2D eigenvalue weighted by Crippen LogP contribution is -2.28. The molecule has 3 aromatic rings. The van der Waals surface area contributed by atoms with Gasteiger partial charge in [-0.1, -0.05) is 29.8 Å². The number of hydrogen-bond acceptors (Lipinski definition) is 4. The molecular weight excluding hydrogens is 386 g/mol. The molecule has 0 radical (unpaired) electrons. The van der Waals surface area contributed by atoms with E-state index in [1.54, 1.807) is 0 Å². The zero-order chi connectivity index (χ0) is 19.9. The lowest BCUT2D eigenvalue weighted by molar-refractivity contribution is -0.0421. The molecule has 154 valence electrons. The Labute approximate surface area is 177 Å². The summed E-state index contributed by atoms with van der Waals surface area (Å²) in [7, 11) is 0. The molecule has 3 heterocycles. The Hall–Kier alpha value is -2.15. The number of aryl methyl sites for hydroxylation is 1. The first-order chi connectivity index (χ1) is 14.3. The Morgan fingerprint density at radius 2 is 2.07 bits per heavy atom. The van der Waals surface area contributed by atoms with Gasteiger partial charge in [0, 0.05) is 56.4 Å². The van der Waals surface area contributed by atoms with E-state index in [1.165, 1.54) is 12.1 Å². The fraction of sp³-hybridized carbons (Fsp3) is 0.455. The lowest BCUT2D eigenvalue weighted by Gasteiger charge is -2.27. The maximum absolute atomic E-state index is 6.44. The number of halogens is 1. The van der Waals surface area contributed by atoms with E-state index in [0.717, 1.165) is 62.6 Å². The van der Waals surface area contributed by atoms with E-state index in [0.29, 0.717) is 0 Å². The van der Waals surface area contributed by atoms with Crippen molar-refractivity contribution in [3.05, 3.63) is 71.5 Å². The highest BCUT2D eigenvalue weighted by Gasteiger charge is 2.20. The van der Waals surface area contributed by atoms with Crippen molar-refractivity contribution < 1.29 is 4.74 Å². The highest BCUT2D eigenvalue weighted by atomic mass is 35.5. The summed E-state index contributed by atoms with van der Waals surface area (Å²) < 4.78 is 10.1. The molecule has 1 aliphatic rings. The van der Waals surface area contributed by atoms with Crippen LogP contribution in [0.25, 0.3) is 0 Å². The number of imidazole rings is 1. The van der Waals surface area contributed by atoms with Gasteiger partial charge in [-0.25, -0.2) is 9.67 Å². The van der Waals surface area contributed by atoms with Crippen molar-refractivity contribution in [3.63, 3.8) is 0 Å². The summed E-state index contributed by atoms with van der Waals surface area (Å²) in [6.45, 7) is 4.34. The van der Waals surface area contributed by atoms with E-state index in [1.807, 2.05) is 43.1 Å². The number of aromatic nitrogens is 4. The zero-order valence-corrected chi connectivity index (χ0v) is 17.4. The van der Waals surface area contributed by atoms with E-state index in [4.69, 9.17) is 16.3 Å². The molecule has 0 aliphatic carbocycles. The van der Waals surface area contributed by atoms with Gasteiger partial charge in [0.2, 0.25) is 0 Å². The second-order valence-electron chi connectivity index (χ2n) is 7.54. The van der Waals surface area contributed by atoms with Crippen LogP contribution in [-0.2, 0) is 24.4 Å². The van der Waals surface area contributed by atoms with Gasteiger partial charge >= 0.3 is 0 Å². The van der Waals surface area contributed by atoms with Crippen LogP contribution in [0.1, 0.15) is 43.2 Å². The Morgan fingerprint density at radius 1 is 1.14 bits per heavy atom. The number of benzene rings is 1. The van der Waals surface area contributed by atoms with Crippen molar-refractivity contribution in [2.24, 2.45) is 0 Å². The summed E-state index contributed by atoms with van der Waals surface area (Å²) in [5.41, 5.74) is 2.34. The predicted molar refractivity (Wildman–Crippen MR) is 113 cm³/mol. The third kappa shape index (κ3) is 5.47. The summed E-state index contributed by atoms with van der Waals surface area (Å²) in [6.07, 6.45) is 12.0. The van der Waals surface area contributed by atoms with Crippen LogP contribution < -0.4 is 0 Å². The summed E-state index contributed by atoms with van der Waals surface area (Å²) in [6, 6.07) is 10.2. The number of ether oxygens (including phenoxy) is 1. The molecule has 1 aromatic carbocycles. The van der Waals surface area contributed by atoms with Gasteiger partial charge in [-0.3, -0.25) is 4.90 Å². The van der Waals surface area contributed by atoms with Crippen LogP contribution in [0.5, 0.6) is 0 Å². The van der Waals surface area contributed by atoms with Crippen LogP contribution in [0.4, 0.5) is 0 Å². The first-order valence-electron chi connectivity index (χ1n) is 10.3. The van der Waals surface area contributed by atoms with Gasteiger partial charge in [-0.2, -0.15) is 5.10 Å². The van der Waals surface area contributed by atoms with Gasteiger partial charge in [-0.05, 0) is 43.4 Å². The van der Waals surface area contributed by atoms with Gasteiger partial charge < -0.3 is 9.30 Å². The monoisotopic (exact) mass is 413 g/mol. The topological polar surface area (TPSA) is 48.1 Å². The van der Waals surface area contributed by atoms with Crippen molar-refractivity contribution in [2.45, 2.75) is 51.5 Å². The van der Waals surface area contributed by atoms with E-state index in [-0.39, 0.29) is 6.23 Å². The van der Waals surface area contributed by atoms with Crippen LogP contribution in [0.3, 0.4) is 0 Å². The van der Waals surface area contributed by atoms with Gasteiger partial charge in [-0.15, -0.1) is 0 Å².